The van der Waals surface area contributed by atoms with Crippen LogP contribution < -0.4 is 10.6 Å². The highest BCUT2D eigenvalue weighted by Gasteiger charge is 2.23. The van der Waals surface area contributed by atoms with Crippen LogP contribution in [0.1, 0.15) is 37.2 Å². The number of aromatic amines is 1. The molecule has 9 heteroatoms. The molecule has 172 valence electrons. The van der Waals surface area contributed by atoms with Crippen LogP contribution in [-0.2, 0) is 6.42 Å². The van der Waals surface area contributed by atoms with Gasteiger partial charge in [0.05, 0.1) is 18.8 Å². The highest BCUT2D eigenvalue weighted by atomic mass is 127. The molecule has 0 saturated carbocycles. The maximum Gasteiger partial charge on any atom is 0.216 e. The lowest BCUT2D eigenvalue weighted by Gasteiger charge is -2.27. The van der Waals surface area contributed by atoms with E-state index in [9.17, 15) is 0 Å². The monoisotopic (exact) mass is 549 g/mol. The molecule has 0 spiro atoms. The van der Waals surface area contributed by atoms with E-state index in [1.165, 1.54) is 18.4 Å². The van der Waals surface area contributed by atoms with Gasteiger partial charge in [-0.1, -0.05) is 30.3 Å². The summed E-state index contributed by atoms with van der Waals surface area (Å²) in [5, 5.41) is 14.0. The predicted octanol–water partition coefficient (Wildman–Crippen LogP) is 3.62. The molecule has 0 aliphatic carbocycles. The van der Waals surface area contributed by atoms with Gasteiger partial charge in [-0.05, 0) is 50.6 Å². The molecule has 1 fully saturated rings. The summed E-state index contributed by atoms with van der Waals surface area (Å²) in [5.41, 5.74) is 1.33. The summed E-state index contributed by atoms with van der Waals surface area (Å²) >= 11 is 0. The summed E-state index contributed by atoms with van der Waals surface area (Å²) in [6, 6.07) is 14.7. The third kappa shape index (κ3) is 6.55. The number of hydrogen-bond donors (Lipinski definition) is 3. The Morgan fingerprint density at radius 2 is 1.97 bits per heavy atom. The maximum atomic E-state index is 5.35. The van der Waals surface area contributed by atoms with Crippen molar-refractivity contribution < 1.29 is 4.42 Å². The number of nitrogens with one attached hydrogen (secondary N) is 3. The van der Waals surface area contributed by atoms with E-state index in [0.29, 0.717) is 30.6 Å². The van der Waals surface area contributed by atoms with Crippen molar-refractivity contribution in [1.82, 2.24) is 30.7 Å². The van der Waals surface area contributed by atoms with Crippen molar-refractivity contribution in [3.05, 3.63) is 60.1 Å². The van der Waals surface area contributed by atoms with Crippen LogP contribution in [0.3, 0.4) is 0 Å². The van der Waals surface area contributed by atoms with Gasteiger partial charge >= 0.3 is 0 Å². The lowest BCUT2D eigenvalue weighted by atomic mass is 10.1. The van der Waals surface area contributed by atoms with E-state index >= 15 is 0 Å². The standard InChI is InChI=1S/C23H31N7O.HI/c1-2-24-23(25-13-12-21-27-22(29-28-21)20-11-8-16-31-20)26-17-19(30-14-6-7-15-30)18-9-4-3-5-10-18;/h3-5,8-11,16,19H,2,6-7,12-15,17H2,1H3,(H2,24,25,26)(H,27,28,29);1H. The van der Waals surface area contributed by atoms with E-state index in [1.807, 2.05) is 12.1 Å². The molecule has 3 heterocycles. The van der Waals surface area contributed by atoms with E-state index < -0.39 is 0 Å². The van der Waals surface area contributed by atoms with E-state index in [0.717, 1.165) is 38.0 Å². The number of aliphatic imine (C=N–C) groups is 1. The molecule has 1 unspecified atom stereocenters. The van der Waals surface area contributed by atoms with Crippen LogP contribution >= 0.6 is 24.0 Å². The molecule has 3 N–H and O–H groups in total. The van der Waals surface area contributed by atoms with E-state index in [1.54, 1.807) is 6.26 Å². The molecule has 0 bridgehead atoms. The Morgan fingerprint density at radius 3 is 2.69 bits per heavy atom. The third-order valence-electron chi connectivity index (χ3n) is 5.46. The van der Waals surface area contributed by atoms with Crippen LogP contribution in [0.2, 0.25) is 0 Å². The molecule has 0 amide bonds. The van der Waals surface area contributed by atoms with Gasteiger partial charge in [0.25, 0.3) is 0 Å². The Morgan fingerprint density at radius 1 is 1.16 bits per heavy atom. The van der Waals surface area contributed by atoms with Gasteiger partial charge in [0.15, 0.2) is 11.7 Å². The van der Waals surface area contributed by atoms with Crippen LogP contribution in [0.5, 0.6) is 0 Å². The SMILES string of the molecule is CCNC(=NCC(c1ccccc1)N1CCCC1)NCCc1nc(-c2ccco2)n[nH]1.I. The molecule has 8 nitrogen and oxygen atoms in total. The lowest BCUT2D eigenvalue weighted by molar-refractivity contribution is 0.251. The zero-order valence-corrected chi connectivity index (χ0v) is 20.8. The predicted molar refractivity (Wildman–Crippen MR) is 137 cm³/mol. The fourth-order valence-electron chi connectivity index (χ4n) is 3.90. The number of guanidine groups is 1. The molecule has 1 aliphatic rings. The van der Waals surface area contributed by atoms with E-state index in [4.69, 9.17) is 9.41 Å². The van der Waals surface area contributed by atoms with Crippen molar-refractivity contribution in [2.45, 2.75) is 32.2 Å². The molecular weight excluding hydrogens is 517 g/mol. The number of aromatic nitrogens is 3. The van der Waals surface area contributed by atoms with Crippen molar-refractivity contribution in [2.24, 2.45) is 4.99 Å². The first-order valence-electron chi connectivity index (χ1n) is 11.1. The lowest BCUT2D eigenvalue weighted by Crippen LogP contribution is -2.39. The molecule has 1 saturated heterocycles. The fourth-order valence-corrected chi connectivity index (χ4v) is 3.90. The van der Waals surface area contributed by atoms with Gasteiger partial charge in [0.2, 0.25) is 5.82 Å². The second-order valence-electron chi connectivity index (χ2n) is 7.65. The van der Waals surface area contributed by atoms with Gasteiger partial charge in [-0.15, -0.1) is 24.0 Å². The number of hydrogen-bond acceptors (Lipinski definition) is 5. The van der Waals surface area contributed by atoms with Crippen LogP contribution in [-0.4, -0.2) is 58.8 Å². The summed E-state index contributed by atoms with van der Waals surface area (Å²) in [6.07, 6.45) is 4.87. The molecule has 1 aliphatic heterocycles. The molecule has 0 radical (unpaired) electrons. The average Bonchev–Trinajstić information content (AvgIpc) is 3.57. The Labute approximate surface area is 206 Å². The topological polar surface area (TPSA) is 94.4 Å². The van der Waals surface area contributed by atoms with Crippen LogP contribution in [0.25, 0.3) is 11.6 Å². The van der Waals surface area contributed by atoms with Gasteiger partial charge in [-0.25, -0.2) is 4.98 Å². The van der Waals surface area contributed by atoms with Crippen molar-refractivity contribution in [3.63, 3.8) is 0 Å². The van der Waals surface area contributed by atoms with Crippen molar-refractivity contribution >= 4 is 29.9 Å². The highest BCUT2D eigenvalue weighted by Crippen LogP contribution is 2.25. The Bertz CT molecular complexity index is 936. The summed E-state index contributed by atoms with van der Waals surface area (Å²) in [5.74, 6) is 2.89. The molecule has 1 atom stereocenters. The van der Waals surface area contributed by atoms with Crippen LogP contribution in [0.15, 0.2) is 58.1 Å². The number of furan rings is 1. The summed E-state index contributed by atoms with van der Waals surface area (Å²) in [6.45, 7) is 6.61. The van der Waals surface area contributed by atoms with Crippen LogP contribution in [0.4, 0.5) is 0 Å². The quantitative estimate of drug-likeness (QED) is 0.215. The smallest absolute Gasteiger partial charge is 0.216 e. The molecule has 3 aromatic rings. The summed E-state index contributed by atoms with van der Waals surface area (Å²) < 4.78 is 5.35. The Kier molecular flexibility index (Phi) is 9.54. The van der Waals surface area contributed by atoms with Crippen molar-refractivity contribution in [3.8, 4) is 11.6 Å². The molecule has 4 rings (SSSR count). The van der Waals surface area contributed by atoms with Crippen molar-refractivity contribution in [2.75, 3.05) is 32.7 Å². The minimum atomic E-state index is 0. The Balaban J connectivity index is 0.00000289. The van der Waals surface area contributed by atoms with Gasteiger partial charge < -0.3 is 15.1 Å². The second kappa shape index (κ2) is 12.6. The fraction of sp³-hybridized carbons (Fsp3) is 0.435. The maximum absolute atomic E-state index is 5.35. The van der Waals surface area contributed by atoms with Crippen LogP contribution in [0, 0.1) is 0 Å². The normalized spacial score (nSPS) is 15.3. The zero-order valence-electron chi connectivity index (χ0n) is 18.5. The number of H-pyrrole nitrogens is 1. The summed E-state index contributed by atoms with van der Waals surface area (Å²) in [4.78, 5) is 11.9. The van der Waals surface area contributed by atoms with E-state index in [2.05, 4.69) is 68.0 Å². The number of nitrogens with zero attached hydrogens (tertiary/aromatic N) is 4. The average molecular weight is 549 g/mol. The molecule has 1 aromatic carbocycles. The first-order chi connectivity index (χ1) is 15.3. The van der Waals surface area contributed by atoms with Gasteiger partial charge in [0, 0.05) is 19.5 Å². The minimum absolute atomic E-state index is 0. The third-order valence-corrected chi connectivity index (χ3v) is 5.46. The highest BCUT2D eigenvalue weighted by molar-refractivity contribution is 14.0. The molecule has 32 heavy (non-hydrogen) atoms. The largest absolute Gasteiger partial charge is 0.461 e. The zero-order chi connectivity index (χ0) is 21.3. The minimum Gasteiger partial charge on any atom is -0.461 e. The molecule has 2 aromatic heterocycles. The van der Waals surface area contributed by atoms with Gasteiger partial charge in [-0.2, -0.15) is 5.10 Å². The number of halogens is 1. The van der Waals surface area contributed by atoms with Crippen molar-refractivity contribution in [1.29, 1.82) is 0 Å². The first kappa shape index (κ1) is 24.2. The number of likely N-dealkylation sites (tertiary alicyclic amines) is 1. The Hall–Kier alpha value is -2.40. The van der Waals surface area contributed by atoms with Gasteiger partial charge in [-0.3, -0.25) is 15.0 Å². The number of rotatable bonds is 9. The molecular formula is C23H32IN7O. The van der Waals surface area contributed by atoms with E-state index in [-0.39, 0.29) is 24.0 Å². The second-order valence-corrected chi connectivity index (χ2v) is 7.65. The van der Waals surface area contributed by atoms with Gasteiger partial charge in [0.1, 0.15) is 5.82 Å². The number of benzene rings is 1. The summed E-state index contributed by atoms with van der Waals surface area (Å²) in [7, 11) is 0. The first-order valence-corrected chi connectivity index (χ1v) is 11.1.